The Kier molecular flexibility index (Phi) is 4.77. The average molecular weight is 389 g/mol. The molecule has 2 aliphatic rings. The van der Waals surface area contributed by atoms with Gasteiger partial charge in [0.1, 0.15) is 0 Å². The summed E-state index contributed by atoms with van der Waals surface area (Å²) in [4.78, 5) is 19.5. The van der Waals surface area contributed by atoms with E-state index in [-0.39, 0.29) is 18.6 Å². The number of piperidine rings is 1. The minimum atomic E-state index is 0.0299. The van der Waals surface area contributed by atoms with E-state index in [0.29, 0.717) is 5.75 Å². The lowest BCUT2D eigenvalue weighted by molar-refractivity contribution is -0.121. The molecule has 0 spiro atoms. The van der Waals surface area contributed by atoms with Gasteiger partial charge >= 0.3 is 0 Å². The normalized spacial score (nSPS) is 16.8. The Balaban J connectivity index is 1.18. The van der Waals surface area contributed by atoms with Crippen molar-refractivity contribution in [2.24, 2.45) is 5.92 Å². The first-order valence-electron chi connectivity index (χ1n) is 10.0. The van der Waals surface area contributed by atoms with Crippen molar-refractivity contribution in [2.75, 3.05) is 25.2 Å². The monoisotopic (exact) mass is 389 g/mol. The van der Waals surface area contributed by atoms with E-state index in [9.17, 15) is 4.79 Å². The first-order chi connectivity index (χ1) is 14.3. The van der Waals surface area contributed by atoms with Crippen molar-refractivity contribution in [1.82, 2.24) is 9.88 Å². The number of carbonyl (C=O) groups excluding carboxylic acids is 1. The molecule has 0 unspecified atom stereocenters. The van der Waals surface area contributed by atoms with E-state index in [4.69, 9.17) is 9.47 Å². The molecule has 6 nitrogen and oxygen atoms in total. The van der Waals surface area contributed by atoms with Crippen LogP contribution in [0.5, 0.6) is 11.5 Å². The summed E-state index contributed by atoms with van der Waals surface area (Å²) in [5, 5.41) is 5.45. The number of hydrogen-bond donors (Lipinski definition) is 1. The molecular weight excluding hydrogens is 366 g/mol. The van der Waals surface area contributed by atoms with Gasteiger partial charge in [-0.25, -0.2) is 0 Å². The molecule has 29 heavy (non-hydrogen) atoms. The first-order valence-corrected chi connectivity index (χ1v) is 10.0. The van der Waals surface area contributed by atoms with Gasteiger partial charge in [-0.05, 0) is 49.0 Å². The van der Waals surface area contributed by atoms with E-state index in [2.05, 4.69) is 33.4 Å². The number of carbonyl (C=O) groups is 1. The molecule has 0 bridgehead atoms. The predicted octanol–water partition coefficient (Wildman–Crippen LogP) is 3.81. The molecule has 2 aliphatic heterocycles. The van der Waals surface area contributed by atoms with Crippen LogP contribution in [0.1, 0.15) is 18.4 Å². The van der Waals surface area contributed by atoms with Crippen LogP contribution in [0.15, 0.2) is 54.9 Å². The average Bonchev–Trinajstić information content (AvgIpc) is 3.22. The van der Waals surface area contributed by atoms with Crippen LogP contribution >= 0.6 is 0 Å². The maximum atomic E-state index is 12.7. The van der Waals surface area contributed by atoms with E-state index in [0.717, 1.165) is 43.9 Å². The number of benzene rings is 2. The standard InChI is InChI=1S/C23H23N3O3/c27-23(25-19-5-6-21-22(11-19)29-15-28-21)16-7-9-26(10-8-16)14-18-13-24-12-17-3-1-2-4-20(17)18/h1-6,11-13,16H,7-10,14-15H2,(H,25,27). The fourth-order valence-electron chi connectivity index (χ4n) is 4.12. The molecule has 3 heterocycles. The van der Waals surface area contributed by atoms with Crippen LogP contribution in [0.25, 0.3) is 10.8 Å². The van der Waals surface area contributed by atoms with Crippen molar-refractivity contribution in [3.63, 3.8) is 0 Å². The number of aromatic nitrogens is 1. The van der Waals surface area contributed by atoms with E-state index in [1.165, 1.54) is 16.3 Å². The number of fused-ring (bicyclic) bond motifs is 2. The number of ether oxygens (including phenoxy) is 2. The van der Waals surface area contributed by atoms with Crippen LogP contribution < -0.4 is 14.8 Å². The first kappa shape index (κ1) is 17.9. The van der Waals surface area contributed by atoms with Gasteiger partial charge in [-0.15, -0.1) is 0 Å². The number of likely N-dealkylation sites (tertiary alicyclic amines) is 1. The number of pyridine rings is 1. The van der Waals surface area contributed by atoms with Crippen LogP contribution in [0.2, 0.25) is 0 Å². The molecule has 2 aromatic carbocycles. The van der Waals surface area contributed by atoms with Crippen molar-refractivity contribution in [3.05, 3.63) is 60.4 Å². The SMILES string of the molecule is O=C(Nc1ccc2c(c1)OCO2)C1CCN(Cc2cncc3ccccc23)CC1. The Morgan fingerprint density at radius 1 is 1.07 bits per heavy atom. The zero-order valence-corrected chi connectivity index (χ0v) is 16.1. The quantitative estimate of drug-likeness (QED) is 0.735. The van der Waals surface area contributed by atoms with Gasteiger partial charge in [0.25, 0.3) is 0 Å². The maximum absolute atomic E-state index is 12.7. The van der Waals surface area contributed by atoms with E-state index >= 15 is 0 Å². The second-order valence-corrected chi connectivity index (χ2v) is 7.63. The number of rotatable bonds is 4. The minimum absolute atomic E-state index is 0.0299. The third-order valence-electron chi connectivity index (χ3n) is 5.74. The Bertz CT molecular complexity index is 1040. The van der Waals surface area contributed by atoms with Gasteiger partial charge in [-0.1, -0.05) is 24.3 Å². The maximum Gasteiger partial charge on any atom is 0.231 e. The van der Waals surface area contributed by atoms with Crippen molar-refractivity contribution in [1.29, 1.82) is 0 Å². The van der Waals surface area contributed by atoms with Gasteiger partial charge < -0.3 is 14.8 Å². The van der Waals surface area contributed by atoms with Crippen LogP contribution in [0.4, 0.5) is 5.69 Å². The summed E-state index contributed by atoms with van der Waals surface area (Å²) >= 11 is 0. The molecule has 148 valence electrons. The Morgan fingerprint density at radius 3 is 2.79 bits per heavy atom. The number of amides is 1. The van der Waals surface area contributed by atoms with Gasteiger partial charge in [0.05, 0.1) is 0 Å². The molecule has 5 rings (SSSR count). The fraction of sp³-hybridized carbons (Fsp3) is 0.304. The van der Waals surface area contributed by atoms with Crippen molar-refractivity contribution < 1.29 is 14.3 Å². The molecular formula is C23H23N3O3. The van der Waals surface area contributed by atoms with Crippen LogP contribution in [-0.2, 0) is 11.3 Å². The molecule has 1 saturated heterocycles. The largest absolute Gasteiger partial charge is 0.454 e. The second kappa shape index (κ2) is 7.72. The van der Waals surface area contributed by atoms with E-state index in [1.807, 2.05) is 36.7 Å². The highest BCUT2D eigenvalue weighted by molar-refractivity contribution is 5.93. The highest BCUT2D eigenvalue weighted by atomic mass is 16.7. The summed E-state index contributed by atoms with van der Waals surface area (Å²) in [6.45, 7) is 2.91. The summed E-state index contributed by atoms with van der Waals surface area (Å²) < 4.78 is 10.7. The molecule has 1 aromatic heterocycles. The zero-order valence-electron chi connectivity index (χ0n) is 16.1. The number of nitrogens with zero attached hydrogens (tertiary/aromatic N) is 2. The lowest BCUT2D eigenvalue weighted by Gasteiger charge is -2.31. The third kappa shape index (κ3) is 3.76. The lowest BCUT2D eigenvalue weighted by Crippen LogP contribution is -2.37. The molecule has 0 saturated carbocycles. The van der Waals surface area contributed by atoms with Crippen LogP contribution in [0, 0.1) is 5.92 Å². The zero-order chi connectivity index (χ0) is 19.6. The Morgan fingerprint density at radius 2 is 1.90 bits per heavy atom. The topological polar surface area (TPSA) is 63.7 Å². The summed E-state index contributed by atoms with van der Waals surface area (Å²) in [6.07, 6.45) is 5.58. The summed E-state index contributed by atoms with van der Waals surface area (Å²) in [5.41, 5.74) is 2.00. The van der Waals surface area contributed by atoms with E-state index in [1.54, 1.807) is 0 Å². The Labute approximate surface area is 169 Å². The number of anilines is 1. The molecule has 6 heteroatoms. The predicted molar refractivity (Wildman–Crippen MR) is 111 cm³/mol. The van der Waals surface area contributed by atoms with Gasteiger partial charge in [-0.3, -0.25) is 14.7 Å². The highest BCUT2D eigenvalue weighted by Crippen LogP contribution is 2.34. The van der Waals surface area contributed by atoms with Crippen molar-refractivity contribution >= 4 is 22.4 Å². The van der Waals surface area contributed by atoms with Gasteiger partial charge in [0.2, 0.25) is 12.7 Å². The molecule has 1 amide bonds. The summed E-state index contributed by atoms with van der Waals surface area (Å²) in [5.74, 6) is 1.51. The second-order valence-electron chi connectivity index (χ2n) is 7.63. The smallest absolute Gasteiger partial charge is 0.231 e. The number of hydrogen-bond acceptors (Lipinski definition) is 5. The van der Waals surface area contributed by atoms with Crippen molar-refractivity contribution in [3.8, 4) is 11.5 Å². The van der Waals surface area contributed by atoms with Crippen LogP contribution in [0.3, 0.4) is 0 Å². The van der Waals surface area contributed by atoms with Gasteiger partial charge in [-0.2, -0.15) is 0 Å². The molecule has 1 N–H and O–H groups in total. The Hall–Kier alpha value is -3.12. The highest BCUT2D eigenvalue weighted by Gasteiger charge is 2.26. The molecule has 0 atom stereocenters. The lowest BCUT2D eigenvalue weighted by atomic mass is 9.95. The minimum Gasteiger partial charge on any atom is -0.454 e. The fourth-order valence-corrected chi connectivity index (χ4v) is 4.12. The number of nitrogens with one attached hydrogen (secondary N) is 1. The third-order valence-corrected chi connectivity index (χ3v) is 5.74. The molecule has 0 aliphatic carbocycles. The van der Waals surface area contributed by atoms with Crippen molar-refractivity contribution in [2.45, 2.75) is 19.4 Å². The van der Waals surface area contributed by atoms with E-state index < -0.39 is 0 Å². The van der Waals surface area contributed by atoms with Gasteiger partial charge in [0.15, 0.2) is 11.5 Å². The summed E-state index contributed by atoms with van der Waals surface area (Å²) in [6, 6.07) is 13.9. The molecule has 1 fully saturated rings. The molecule has 0 radical (unpaired) electrons. The van der Waals surface area contributed by atoms with Crippen LogP contribution in [-0.4, -0.2) is 35.7 Å². The molecule has 3 aromatic rings. The van der Waals surface area contributed by atoms with Gasteiger partial charge in [0, 0.05) is 42.0 Å². The summed E-state index contributed by atoms with van der Waals surface area (Å²) in [7, 11) is 0.